The molecule has 2 N–H and O–H groups in total. The van der Waals surface area contributed by atoms with Gasteiger partial charge in [0.25, 0.3) is 0 Å². The first-order valence-electron chi connectivity index (χ1n) is 18.0. The fourth-order valence-electron chi connectivity index (χ4n) is 7.78. The summed E-state index contributed by atoms with van der Waals surface area (Å²) in [7, 11) is 0. The van der Waals surface area contributed by atoms with E-state index >= 15 is 0 Å². The Hall–Kier alpha value is -3.90. The number of hydrogen-bond acceptors (Lipinski definition) is 3. The second-order valence-corrected chi connectivity index (χ2v) is 15.0. The molecule has 0 amide bonds. The van der Waals surface area contributed by atoms with E-state index in [1.54, 1.807) is 0 Å². The van der Waals surface area contributed by atoms with Gasteiger partial charge in [0.2, 0.25) is 5.69 Å². The quantitative estimate of drug-likeness (QED) is 0.144. The number of unbranched alkanes of at least 4 members (excludes halogenated alkanes) is 4. The SMILES string of the molecule is CC1(C)C(/C=C/C2=C(Cl)C(=C/C=C3\N(CCCCCC(=O)O)c4ccccc4C3(C)C)/CCC2)=[N+](CCCCCC(=O)O)c2ccccc21. The molecular weight excluding hydrogens is 632 g/mol. The molecule has 1 aliphatic carbocycles. The summed E-state index contributed by atoms with van der Waals surface area (Å²) in [5.74, 6) is -1.46. The lowest BCUT2D eigenvalue weighted by Crippen LogP contribution is -2.28. The number of benzene rings is 2. The Morgan fingerprint density at radius 3 is 2.16 bits per heavy atom. The van der Waals surface area contributed by atoms with Crippen molar-refractivity contribution in [2.45, 2.75) is 109 Å². The number of anilines is 1. The number of para-hydroxylation sites is 2. The van der Waals surface area contributed by atoms with Crippen LogP contribution in [-0.4, -0.2) is 45.5 Å². The minimum Gasteiger partial charge on any atom is -0.481 e. The molecule has 0 atom stereocenters. The lowest BCUT2D eigenvalue weighted by Gasteiger charge is -2.27. The Kier molecular flexibility index (Phi) is 11.7. The van der Waals surface area contributed by atoms with Crippen LogP contribution in [0.25, 0.3) is 0 Å². The summed E-state index contributed by atoms with van der Waals surface area (Å²) in [6.07, 6.45) is 17.3. The fraction of sp³-hybridized carbons (Fsp3) is 0.452. The van der Waals surface area contributed by atoms with Gasteiger partial charge in [-0.1, -0.05) is 80.4 Å². The molecule has 260 valence electrons. The lowest BCUT2D eigenvalue weighted by molar-refractivity contribution is -0.438. The third kappa shape index (κ3) is 8.12. The van der Waals surface area contributed by atoms with E-state index in [9.17, 15) is 9.59 Å². The molecule has 0 fully saturated rings. The van der Waals surface area contributed by atoms with Gasteiger partial charge in [-0.05, 0) is 87.6 Å². The number of carboxylic acid groups (broad SMARTS) is 2. The molecule has 0 radical (unpaired) electrons. The summed E-state index contributed by atoms with van der Waals surface area (Å²) in [4.78, 5) is 24.4. The predicted molar refractivity (Wildman–Crippen MR) is 200 cm³/mol. The number of carboxylic acids is 2. The highest BCUT2D eigenvalue weighted by Crippen LogP contribution is 2.48. The normalized spacial score (nSPS) is 19.7. The van der Waals surface area contributed by atoms with Crippen molar-refractivity contribution in [1.82, 2.24) is 0 Å². The average Bonchev–Trinajstić information content (AvgIpc) is 3.41. The third-order valence-electron chi connectivity index (χ3n) is 10.5. The number of hydrogen-bond donors (Lipinski definition) is 2. The van der Waals surface area contributed by atoms with Crippen molar-refractivity contribution in [3.8, 4) is 0 Å². The Labute approximate surface area is 297 Å². The summed E-state index contributed by atoms with van der Waals surface area (Å²) >= 11 is 7.20. The Bertz CT molecular complexity index is 1730. The largest absolute Gasteiger partial charge is 0.481 e. The van der Waals surface area contributed by atoms with Gasteiger partial charge in [0.15, 0.2) is 5.71 Å². The molecule has 7 heteroatoms. The van der Waals surface area contributed by atoms with Crippen molar-refractivity contribution in [2.24, 2.45) is 0 Å². The van der Waals surface area contributed by atoms with Crippen molar-refractivity contribution in [3.63, 3.8) is 0 Å². The maximum absolute atomic E-state index is 11.0. The van der Waals surface area contributed by atoms with E-state index in [1.165, 1.54) is 33.9 Å². The smallest absolute Gasteiger partial charge is 0.303 e. The van der Waals surface area contributed by atoms with Crippen molar-refractivity contribution in [2.75, 3.05) is 18.0 Å². The van der Waals surface area contributed by atoms with Gasteiger partial charge in [-0.25, -0.2) is 0 Å². The molecule has 6 nitrogen and oxygen atoms in total. The topological polar surface area (TPSA) is 80.9 Å². The molecule has 0 unspecified atom stereocenters. The van der Waals surface area contributed by atoms with Crippen molar-refractivity contribution < 1.29 is 24.4 Å². The third-order valence-corrected chi connectivity index (χ3v) is 11.0. The van der Waals surface area contributed by atoms with Crippen LogP contribution < -0.4 is 4.90 Å². The van der Waals surface area contributed by atoms with Gasteiger partial charge in [0.1, 0.15) is 6.54 Å². The van der Waals surface area contributed by atoms with Gasteiger partial charge in [-0.2, -0.15) is 4.58 Å². The number of halogens is 1. The van der Waals surface area contributed by atoms with Crippen molar-refractivity contribution in [1.29, 1.82) is 0 Å². The zero-order valence-electron chi connectivity index (χ0n) is 29.6. The van der Waals surface area contributed by atoms with Gasteiger partial charge < -0.3 is 15.1 Å². The van der Waals surface area contributed by atoms with Gasteiger partial charge in [-0.3, -0.25) is 9.59 Å². The molecule has 3 aliphatic rings. The second kappa shape index (κ2) is 15.8. The van der Waals surface area contributed by atoms with Gasteiger partial charge >= 0.3 is 11.9 Å². The number of aliphatic carboxylic acids is 2. The van der Waals surface area contributed by atoms with Crippen LogP contribution in [0.3, 0.4) is 0 Å². The lowest BCUT2D eigenvalue weighted by atomic mass is 9.81. The van der Waals surface area contributed by atoms with Crippen LogP contribution in [0.15, 0.2) is 94.7 Å². The minimum absolute atomic E-state index is 0.168. The summed E-state index contributed by atoms with van der Waals surface area (Å²) < 4.78 is 2.42. The van der Waals surface area contributed by atoms with Crippen LogP contribution in [0.1, 0.15) is 109 Å². The number of nitrogens with zero attached hydrogens (tertiary/aromatic N) is 2. The molecule has 2 aliphatic heterocycles. The maximum atomic E-state index is 11.0. The molecule has 0 saturated heterocycles. The van der Waals surface area contributed by atoms with E-state index in [1.807, 2.05) is 0 Å². The van der Waals surface area contributed by atoms with Gasteiger partial charge in [0, 0.05) is 65.3 Å². The van der Waals surface area contributed by atoms with Crippen LogP contribution >= 0.6 is 11.6 Å². The highest BCUT2D eigenvalue weighted by atomic mass is 35.5. The van der Waals surface area contributed by atoms with Crippen LogP contribution in [0.4, 0.5) is 11.4 Å². The Balaban J connectivity index is 1.41. The molecule has 0 bridgehead atoms. The maximum Gasteiger partial charge on any atom is 0.303 e. The van der Waals surface area contributed by atoms with Crippen LogP contribution in [0, 0.1) is 0 Å². The monoisotopic (exact) mass is 683 g/mol. The van der Waals surface area contributed by atoms with Crippen molar-refractivity contribution in [3.05, 3.63) is 106 Å². The highest BCUT2D eigenvalue weighted by molar-refractivity contribution is 6.32. The average molecular weight is 684 g/mol. The van der Waals surface area contributed by atoms with Crippen molar-refractivity contribution >= 4 is 40.6 Å². The molecule has 0 spiro atoms. The van der Waals surface area contributed by atoms with Gasteiger partial charge in [-0.15, -0.1) is 0 Å². The zero-order valence-corrected chi connectivity index (χ0v) is 30.4. The van der Waals surface area contributed by atoms with Gasteiger partial charge in [0.05, 0.1) is 5.41 Å². The molecular formula is C42H52ClN2O4+. The predicted octanol–water partition coefficient (Wildman–Crippen LogP) is 10.2. The van der Waals surface area contributed by atoms with E-state index in [4.69, 9.17) is 21.8 Å². The van der Waals surface area contributed by atoms with Crippen LogP contribution in [0.2, 0.25) is 0 Å². The Morgan fingerprint density at radius 1 is 0.796 bits per heavy atom. The number of allylic oxidation sites excluding steroid dienone is 8. The fourth-order valence-corrected chi connectivity index (χ4v) is 8.09. The molecule has 0 aromatic heterocycles. The summed E-state index contributed by atoms with van der Waals surface area (Å²) in [5.41, 5.74) is 9.53. The number of carbonyl (C=O) groups is 2. The number of fused-ring (bicyclic) bond motifs is 2. The van der Waals surface area contributed by atoms with Crippen LogP contribution in [-0.2, 0) is 20.4 Å². The summed E-state index contributed by atoms with van der Waals surface area (Å²) in [6.45, 7) is 10.8. The van der Waals surface area contributed by atoms with E-state index in [2.05, 4.69) is 110 Å². The first-order chi connectivity index (χ1) is 23.4. The Morgan fingerprint density at radius 2 is 1.45 bits per heavy atom. The molecule has 2 aromatic rings. The highest BCUT2D eigenvalue weighted by Gasteiger charge is 2.44. The number of rotatable bonds is 15. The zero-order chi connectivity index (χ0) is 35.2. The van der Waals surface area contributed by atoms with E-state index < -0.39 is 11.9 Å². The second-order valence-electron chi connectivity index (χ2n) is 14.7. The van der Waals surface area contributed by atoms with E-state index in [0.717, 1.165) is 74.2 Å². The summed E-state index contributed by atoms with van der Waals surface area (Å²) in [5, 5.41) is 19.0. The summed E-state index contributed by atoms with van der Waals surface area (Å²) in [6, 6.07) is 17.2. The van der Waals surface area contributed by atoms with Crippen LogP contribution in [0.5, 0.6) is 0 Å². The molecule has 2 heterocycles. The molecule has 0 saturated carbocycles. The minimum atomic E-state index is -0.732. The standard InChI is InChI=1S/C42H51ClN2O4/c1-41(2)32-18-9-11-20-34(32)44(28-13-5-7-22-38(46)47)36(41)26-24-30-16-15-17-31(40(30)43)25-27-37-42(3,4)33-19-10-12-21-35(33)45(37)29-14-6-8-23-39(48)49/h9-12,18-21,24-27H,5-8,13-17,22-23,28-29H2,1-4H3,(H-,46,47,48,49)/p+1. The first kappa shape index (κ1) is 36.4. The molecule has 5 rings (SSSR count). The van der Waals surface area contributed by atoms with E-state index in [-0.39, 0.29) is 23.7 Å². The van der Waals surface area contributed by atoms with E-state index in [0.29, 0.717) is 12.8 Å². The molecule has 2 aromatic carbocycles. The molecule has 49 heavy (non-hydrogen) atoms. The first-order valence-corrected chi connectivity index (χ1v) is 18.3.